The lowest BCUT2D eigenvalue weighted by atomic mass is 9.93. The number of allylic oxidation sites excluding steroid dienone is 5. The minimum atomic E-state index is -0.733. The second-order valence-electron chi connectivity index (χ2n) is 15.8. The molecular weight excluding hydrogens is 845 g/mol. The number of nitrogens with one attached hydrogen (secondary N) is 4. The number of hydrogen-bond donors (Lipinski definition) is 5. The molecule has 4 amide bonds. The standard InChI is InChI=1S/C47H68N4O12S/c1-3-4-5-6-19-41(53)48-22-12-16-36-32-39(34(2)13-7-8-14-35-15-11-17-38(52)44(35)46(56)62-36)63-43(55)21-24-58-26-28-60-30-31-61-29-27-59-25-23-49-42(54)20-10-9-18-40-45-37(33-64-40)50-47(57)51-45/h4-8,11-12,15,17,19,22,34,36-37,39-40,45,52H,3,9-10,13-14,16,18,20-21,23-33H2,1-2H3,(H,48,53)(H,49,54)(H2,50,51,57)/b5-4-,8-7+,19-6-,22-12+/t34-,36-,37-,39?,40-,45-/m0/s1. The molecule has 6 atom stereocenters. The third-order valence-corrected chi connectivity index (χ3v) is 12.2. The third kappa shape index (κ3) is 20.0. The molecule has 0 radical (unpaired) electrons. The molecule has 0 spiro atoms. The molecular formula is C47H68N4O12S. The van der Waals surface area contributed by atoms with E-state index in [0.29, 0.717) is 76.3 Å². The van der Waals surface area contributed by atoms with Crippen LogP contribution < -0.4 is 21.3 Å². The summed E-state index contributed by atoms with van der Waals surface area (Å²) in [6.45, 7) is 7.10. The first-order chi connectivity index (χ1) is 31.1. The van der Waals surface area contributed by atoms with Gasteiger partial charge in [-0.1, -0.05) is 68.9 Å². The molecule has 0 saturated carbocycles. The first-order valence-corrected chi connectivity index (χ1v) is 23.6. The van der Waals surface area contributed by atoms with Crippen molar-refractivity contribution in [2.24, 2.45) is 5.92 Å². The zero-order chi connectivity index (χ0) is 45.8. The number of cyclic esters (lactones) is 1. The molecule has 354 valence electrons. The average molecular weight is 913 g/mol. The summed E-state index contributed by atoms with van der Waals surface area (Å²) in [5.41, 5.74) is 0.725. The lowest BCUT2D eigenvalue weighted by Crippen LogP contribution is -2.36. The number of phenols is 1. The van der Waals surface area contributed by atoms with E-state index in [1.165, 1.54) is 18.3 Å². The number of aromatic hydroxyl groups is 1. The van der Waals surface area contributed by atoms with Crippen molar-refractivity contribution < 1.29 is 57.5 Å². The van der Waals surface area contributed by atoms with E-state index < -0.39 is 24.1 Å². The third-order valence-electron chi connectivity index (χ3n) is 10.7. The number of urea groups is 1. The highest BCUT2D eigenvalue weighted by molar-refractivity contribution is 8.00. The van der Waals surface area contributed by atoms with Crippen molar-refractivity contribution in [3.63, 3.8) is 0 Å². The van der Waals surface area contributed by atoms with Crippen molar-refractivity contribution in [2.45, 2.75) is 108 Å². The van der Waals surface area contributed by atoms with Gasteiger partial charge in [-0.3, -0.25) is 14.4 Å². The molecule has 16 nitrogen and oxygen atoms in total. The van der Waals surface area contributed by atoms with Gasteiger partial charge in [-0.15, -0.1) is 0 Å². The molecule has 1 aromatic carbocycles. The number of carbonyl (C=O) groups excluding carboxylic acids is 5. The van der Waals surface area contributed by atoms with Gasteiger partial charge in [0.05, 0.1) is 71.4 Å². The van der Waals surface area contributed by atoms with Crippen molar-refractivity contribution in [1.29, 1.82) is 0 Å². The number of fused-ring (bicyclic) bond motifs is 2. The molecule has 3 aliphatic rings. The Morgan fingerprint density at radius 3 is 2.44 bits per heavy atom. The molecule has 17 heteroatoms. The van der Waals surface area contributed by atoms with E-state index in [1.54, 1.807) is 30.4 Å². The maximum atomic E-state index is 13.4. The van der Waals surface area contributed by atoms with Crippen molar-refractivity contribution >= 4 is 41.5 Å². The molecule has 4 rings (SSSR count). The molecule has 3 heterocycles. The Labute approximate surface area is 381 Å². The van der Waals surface area contributed by atoms with Crippen LogP contribution in [-0.4, -0.2) is 130 Å². The second kappa shape index (κ2) is 30.5. The van der Waals surface area contributed by atoms with Crippen LogP contribution in [0.5, 0.6) is 5.75 Å². The fourth-order valence-electron chi connectivity index (χ4n) is 7.26. The Kier molecular flexibility index (Phi) is 24.7. The van der Waals surface area contributed by atoms with Crippen LogP contribution in [0.15, 0.2) is 66.9 Å². The van der Waals surface area contributed by atoms with Crippen molar-refractivity contribution in [2.75, 3.05) is 65.2 Å². The first-order valence-electron chi connectivity index (χ1n) is 22.6. The van der Waals surface area contributed by atoms with Crippen LogP contribution in [0.1, 0.15) is 87.6 Å². The number of phenolic OH excluding ortho intramolecular Hbond substituents is 1. The molecule has 0 aliphatic carbocycles. The SMILES string of the molecule is CC/C=C\C=C/C(=O)N/C=C/C[C@H]1CC(OC(=O)CCOCCOCCOCCOCCNC(=O)CCCC[C@@H]2SC[C@@H]3NC(=O)N[C@@H]32)[C@@H](C)C/C=C/Cc2cccc(O)c2C(=O)O1. The fourth-order valence-corrected chi connectivity index (χ4v) is 8.80. The summed E-state index contributed by atoms with van der Waals surface area (Å²) >= 11 is 1.89. The summed E-state index contributed by atoms with van der Waals surface area (Å²) in [4.78, 5) is 62.3. The Morgan fingerprint density at radius 2 is 1.67 bits per heavy atom. The van der Waals surface area contributed by atoms with Gasteiger partial charge < -0.3 is 54.8 Å². The highest BCUT2D eigenvalue weighted by atomic mass is 32.2. The number of esters is 2. The van der Waals surface area contributed by atoms with Crippen LogP contribution in [0, 0.1) is 5.92 Å². The van der Waals surface area contributed by atoms with Gasteiger partial charge in [0.2, 0.25) is 11.8 Å². The van der Waals surface area contributed by atoms with Crippen LogP contribution in [0.3, 0.4) is 0 Å². The van der Waals surface area contributed by atoms with Gasteiger partial charge in [0.25, 0.3) is 0 Å². The lowest BCUT2D eigenvalue weighted by Gasteiger charge is -2.28. The predicted octanol–water partition coefficient (Wildman–Crippen LogP) is 5.20. The summed E-state index contributed by atoms with van der Waals surface area (Å²) in [6.07, 6.45) is 18.1. The number of benzene rings is 1. The highest BCUT2D eigenvalue weighted by Gasteiger charge is 2.42. The van der Waals surface area contributed by atoms with Crippen molar-refractivity contribution in [3.05, 3.63) is 78.1 Å². The molecule has 5 N–H and O–H groups in total. The van der Waals surface area contributed by atoms with E-state index in [4.69, 9.17) is 28.4 Å². The number of carbonyl (C=O) groups is 5. The Morgan fingerprint density at radius 1 is 0.922 bits per heavy atom. The summed E-state index contributed by atoms with van der Waals surface area (Å²) < 4.78 is 34.1. The van der Waals surface area contributed by atoms with Crippen LogP contribution in [0.2, 0.25) is 0 Å². The van der Waals surface area contributed by atoms with Crippen LogP contribution in [-0.2, 0) is 49.2 Å². The number of ether oxygens (including phenoxy) is 6. The molecule has 0 aromatic heterocycles. The summed E-state index contributed by atoms with van der Waals surface area (Å²) in [6, 6.07) is 5.24. The Hall–Kier alpha value is -4.68. The first kappa shape index (κ1) is 51.9. The van der Waals surface area contributed by atoms with E-state index >= 15 is 0 Å². The van der Waals surface area contributed by atoms with Gasteiger partial charge in [-0.05, 0) is 49.7 Å². The number of rotatable bonds is 27. The smallest absolute Gasteiger partial charge is 0.342 e. The van der Waals surface area contributed by atoms with Gasteiger partial charge in [0.1, 0.15) is 23.5 Å². The van der Waals surface area contributed by atoms with E-state index in [2.05, 4.69) is 21.3 Å². The molecule has 64 heavy (non-hydrogen) atoms. The highest BCUT2D eigenvalue weighted by Crippen LogP contribution is 2.33. The van der Waals surface area contributed by atoms with E-state index in [9.17, 15) is 29.1 Å². The minimum Gasteiger partial charge on any atom is -0.507 e. The predicted molar refractivity (Wildman–Crippen MR) is 244 cm³/mol. The topological polar surface area (TPSA) is 209 Å². The van der Waals surface area contributed by atoms with Gasteiger partial charge in [0, 0.05) is 49.1 Å². The zero-order valence-corrected chi connectivity index (χ0v) is 38.1. The summed E-state index contributed by atoms with van der Waals surface area (Å²) in [5.74, 6) is -0.783. The summed E-state index contributed by atoms with van der Waals surface area (Å²) in [5, 5.41) is 22.5. The van der Waals surface area contributed by atoms with Crippen LogP contribution >= 0.6 is 11.8 Å². The molecule has 2 fully saturated rings. The normalized spacial score (nSPS) is 22.8. The van der Waals surface area contributed by atoms with Gasteiger partial charge in [0.15, 0.2) is 0 Å². The zero-order valence-electron chi connectivity index (χ0n) is 37.3. The van der Waals surface area contributed by atoms with E-state index in [0.717, 1.165) is 31.4 Å². The summed E-state index contributed by atoms with van der Waals surface area (Å²) in [7, 11) is 0. The maximum absolute atomic E-state index is 13.4. The largest absolute Gasteiger partial charge is 0.507 e. The molecule has 0 bridgehead atoms. The molecule has 3 aliphatic heterocycles. The second-order valence-corrected chi connectivity index (χ2v) is 17.0. The lowest BCUT2D eigenvalue weighted by molar-refractivity contribution is -0.154. The van der Waals surface area contributed by atoms with Gasteiger partial charge >= 0.3 is 18.0 Å². The average Bonchev–Trinajstić information content (AvgIpc) is 3.83. The van der Waals surface area contributed by atoms with Crippen LogP contribution in [0.4, 0.5) is 4.79 Å². The Balaban J connectivity index is 1.05. The van der Waals surface area contributed by atoms with Gasteiger partial charge in [-0.25, -0.2) is 9.59 Å². The molecule has 1 unspecified atom stereocenters. The minimum absolute atomic E-state index is 0.0110. The van der Waals surface area contributed by atoms with Crippen molar-refractivity contribution in [3.8, 4) is 5.75 Å². The van der Waals surface area contributed by atoms with E-state index in [-0.39, 0.29) is 79.6 Å². The number of hydrogen-bond acceptors (Lipinski definition) is 13. The molecule has 1 aromatic rings. The quantitative estimate of drug-likeness (QED) is 0.0192. The number of amides is 4. The fraction of sp³-hybridized carbons (Fsp3) is 0.596. The molecule has 2 saturated heterocycles. The maximum Gasteiger partial charge on any atom is 0.342 e. The van der Waals surface area contributed by atoms with Crippen molar-refractivity contribution in [1.82, 2.24) is 21.3 Å². The Bertz CT molecular complexity index is 1740. The van der Waals surface area contributed by atoms with Gasteiger partial charge in [-0.2, -0.15) is 11.8 Å². The number of unbranched alkanes of at least 4 members (excludes halogenated alkanes) is 1. The monoisotopic (exact) mass is 912 g/mol. The van der Waals surface area contributed by atoms with E-state index in [1.807, 2.05) is 43.8 Å². The number of thioether (sulfide) groups is 1. The van der Waals surface area contributed by atoms with Crippen LogP contribution in [0.25, 0.3) is 0 Å².